The Morgan fingerprint density at radius 1 is 1.40 bits per heavy atom. The smallest absolute Gasteiger partial charge is 0.0628 e. The number of hydrogen-bond acceptors (Lipinski definition) is 3. The van der Waals surface area contributed by atoms with Crippen LogP contribution in [0, 0.1) is 6.92 Å². The standard InChI is InChI=1S/C12H17NOS/c1-10-2-4-12(5-3-10)15-9-11-8-14-7-6-13-11/h2-5,11,13H,6-9H2,1H3. The molecule has 0 bridgehead atoms. The highest BCUT2D eigenvalue weighted by Gasteiger charge is 2.12. The molecule has 1 aliphatic heterocycles. The average Bonchev–Trinajstić information content (AvgIpc) is 2.30. The van der Waals surface area contributed by atoms with Gasteiger partial charge in [0.05, 0.1) is 13.2 Å². The van der Waals surface area contributed by atoms with Crippen molar-refractivity contribution in [2.75, 3.05) is 25.5 Å². The number of rotatable bonds is 3. The summed E-state index contributed by atoms with van der Waals surface area (Å²) in [6.07, 6.45) is 0. The first kappa shape index (κ1) is 11.0. The van der Waals surface area contributed by atoms with E-state index < -0.39 is 0 Å². The second kappa shape index (κ2) is 5.54. The Morgan fingerprint density at radius 3 is 2.87 bits per heavy atom. The summed E-state index contributed by atoms with van der Waals surface area (Å²) >= 11 is 1.89. The predicted molar refractivity (Wildman–Crippen MR) is 64.5 cm³/mol. The molecule has 2 rings (SSSR count). The van der Waals surface area contributed by atoms with E-state index in [4.69, 9.17) is 4.74 Å². The maximum Gasteiger partial charge on any atom is 0.0628 e. The third kappa shape index (κ3) is 3.52. The molecule has 1 saturated heterocycles. The van der Waals surface area contributed by atoms with Crippen LogP contribution in [-0.4, -0.2) is 31.6 Å². The fourth-order valence-corrected chi connectivity index (χ4v) is 2.49. The van der Waals surface area contributed by atoms with E-state index in [0.717, 1.165) is 25.5 Å². The number of aryl methyl sites for hydroxylation is 1. The molecule has 0 aliphatic carbocycles. The largest absolute Gasteiger partial charge is 0.378 e. The van der Waals surface area contributed by atoms with Gasteiger partial charge in [0.1, 0.15) is 0 Å². The second-order valence-corrected chi connectivity index (χ2v) is 4.94. The van der Waals surface area contributed by atoms with Crippen LogP contribution in [0.4, 0.5) is 0 Å². The maximum atomic E-state index is 5.41. The summed E-state index contributed by atoms with van der Waals surface area (Å²) in [6, 6.07) is 9.19. The molecule has 3 heteroatoms. The molecule has 2 nitrogen and oxygen atoms in total. The van der Waals surface area contributed by atoms with Crippen LogP contribution in [0.2, 0.25) is 0 Å². The molecule has 82 valence electrons. The maximum absolute atomic E-state index is 5.41. The lowest BCUT2D eigenvalue weighted by atomic mass is 10.2. The van der Waals surface area contributed by atoms with Gasteiger partial charge in [0.25, 0.3) is 0 Å². The van der Waals surface area contributed by atoms with E-state index in [1.54, 1.807) is 0 Å². The Kier molecular flexibility index (Phi) is 4.06. The molecule has 0 radical (unpaired) electrons. The molecule has 1 N–H and O–H groups in total. The molecule has 15 heavy (non-hydrogen) atoms. The van der Waals surface area contributed by atoms with Crippen molar-refractivity contribution >= 4 is 11.8 Å². The molecule has 1 fully saturated rings. The summed E-state index contributed by atoms with van der Waals surface area (Å²) in [7, 11) is 0. The fourth-order valence-electron chi connectivity index (χ4n) is 1.56. The van der Waals surface area contributed by atoms with E-state index in [-0.39, 0.29) is 0 Å². The van der Waals surface area contributed by atoms with Crippen LogP contribution >= 0.6 is 11.8 Å². The minimum Gasteiger partial charge on any atom is -0.378 e. The number of thioether (sulfide) groups is 1. The van der Waals surface area contributed by atoms with E-state index in [1.165, 1.54) is 10.5 Å². The van der Waals surface area contributed by atoms with Gasteiger partial charge in [0.2, 0.25) is 0 Å². The first-order valence-corrected chi connectivity index (χ1v) is 6.34. The van der Waals surface area contributed by atoms with Gasteiger partial charge in [-0.2, -0.15) is 0 Å². The number of nitrogens with one attached hydrogen (secondary N) is 1. The Morgan fingerprint density at radius 2 is 2.20 bits per heavy atom. The fraction of sp³-hybridized carbons (Fsp3) is 0.500. The predicted octanol–water partition coefficient (Wildman–Crippen LogP) is 2.08. The SMILES string of the molecule is Cc1ccc(SCC2COCCN2)cc1. The lowest BCUT2D eigenvalue weighted by molar-refractivity contribution is 0.0837. The molecule has 1 aromatic rings. The Balaban J connectivity index is 1.79. The van der Waals surface area contributed by atoms with Crippen LogP contribution in [0.3, 0.4) is 0 Å². The minimum absolute atomic E-state index is 0.505. The zero-order chi connectivity index (χ0) is 10.5. The third-order valence-electron chi connectivity index (χ3n) is 2.47. The summed E-state index contributed by atoms with van der Waals surface area (Å²) in [5, 5.41) is 3.45. The third-order valence-corrected chi connectivity index (χ3v) is 3.65. The molecule has 0 saturated carbocycles. The molecule has 1 unspecified atom stereocenters. The lowest BCUT2D eigenvalue weighted by Gasteiger charge is -2.23. The van der Waals surface area contributed by atoms with Gasteiger partial charge in [0.15, 0.2) is 0 Å². The number of benzene rings is 1. The Bertz CT molecular complexity index is 293. The highest BCUT2D eigenvalue weighted by molar-refractivity contribution is 7.99. The normalized spacial score (nSPS) is 21.5. The highest BCUT2D eigenvalue weighted by atomic mass is 32.2. The zero-order valence-corrected chi connectivity index (χ0v) is 9.85. The van der Waals surface area contributed by atoms with Crippen molar-refractivity contribution < 1.29 is 4.74 Å². The van der Waals surface area contributed by atoms with Gasteiger partial charge in [-0.15, -0.1) is 11.8 Å². The van der Waals surface area contributed by atoms with Crippen LogP contribution in [0.1, 0.15) is 5.56 Å². The van der Waals surface area contributed by atoms with Gasteiger partial charge in [-0.3, -0.25) is 0 Å². The topological polar surface area (TPSA) is 21.3 Å². The van der Waals surface area contributed by atoms with Crippen molar-refractivity contribution in [3.63, 3.8) is 0 Å². The van der Waals surface area contributed by atoms with E-state index in [0.29, 0.717) is 6.04 Å². The molecule has 1 atom stereocenters. The monoisotopic (exact) mass is 223 g/mol. The molecular weight excluding hydrogens is 206 g/mol. The van der Waals surface area contributed by atoms with Crippen molar-refractivity contribution in [1.82, 2.24) is 5.32 Å². The second-order valence-electron chi connectivity index (χ2n) is 3.85. The average molecular weight is 223 g/mol. The Labute approximate surface area is 95.4 Å². The molecule has 1 aromatic carbocycles. The first-order chi connectivity index (χ1) is 7.34. The summed E-state index contributed by atoms with van der Waals surface area (Å²) in [5.41, 5.74) is 1.32. The van der Waals surface area contributed by atoms with Gasteiger partial charge >= 0.3 is 0 Å². The molecule has 1 aliphatic rings. The van der Waals surface area contributed by atoms with Crippen LogP contribution in [0.5, 0.6) is 0 Å². The number of morpholine rings is 1. The van der Waals surface area contributed by atoms with E-state index >= 15 is 0 Å². The number of ether oxygens (including phenoxy) is 1. The van der Waals surface area contributed by atoms with Crippen LogP contribution in [0.15, 0.2) is 29.2 Å². The van der Waals surface area contributed by atoms with Crippen LogP contribution < -0.4 is 5.32 Å². The van der Waals surface area contributed by atoms with Gasteiger partial charge in [-0.05, 0) is 19.1 Å². The Hall–Kier alpha value is -0.510. The quantitative estimate of drug-likeness (QED) is 0.793. The van der Waals surface area contributed by atoms with Gasteiger partial charge in [0, 0.05) is 23.2 Å². The lowest BCUT2D eigenvalue weighted by Crippen LogP contribution is -2.42. The van der Waals surface area contributed by atoms with Crippen molar-refractivity contribution in [3.8, 4) is 0 Å². The van der Waals surface area contributed by atoms with E-state index in [2.05, 4.69) is 36.5 Å². The van der Waals surface area contributed by atoms with Crippen molar-refractivity contribution in [2.45, 2.75) is 17.9 Å². The van der Waals surface area contributed by atoms with Gasteiger partial charge in [-0.1, -0.05) is 17.7 Å². The summed E-state index contributed by atoms with van der Waals surface area (Å²) < 4.78 is 5.41. The van der Waals surface area contributed by atoms with E-state index in [1.807, 2.05) is 11.8 Å². The van der Waals surface area contributed by atoms with Gasteiger partial charge in [-0.25, -0.2) is 0 Å². The highest BCUT2D eigenvalue weighted by Crippen LogP contribution is 2.19. The van der Waals surface area contributed by atoms with Gasteiger partial charge < -0.3 is 10.1 Å². The summed E-state index contributed by atoms with van der Waals surface area (Å²) in [6.45, 7) is 4.80. The van der Waals surface area contributed by atoms with Crippen LogP contribution in [0.25, 0.3) is 0 Å². The van der Waals surface area contributed by atoms with E-state index in [9.17, 15) is 0 Å². The molecular formula is C12H17NOS. The minimum atomic E-state index is 0.505. The van der Waals surface area contributed by atoms with Crippen LogP contribution in [-0.2, 0) is 4.74 Å². The number of hydrogen-bond donors (Lipinski definition) is 1. The van der Waals surface area contributed by atoms with Crippen molar-refractivity contribution in [1.29, 1.82) is 0 Å². The molecule has 0 amide bonds. The molecule has 0 spiro atoms. The molecule has 0 aromatic heterocycles. The first-order valence-electron chi connectivity index (χ1n) is 5.35. The zero-order valence-electron chi connectivity index (χ0n) is 9.03. The van der Waals surface area contributed by atoms with Crippen molar-refractivity contribution in [3.05, 3.63) is 29.8 Å². The van der Waals surface area contributed by atoms with Crippen molar-refractivity contribution in [2.24, 2.45) is 0 Å². The molecule has 1 heterocycles. The summed E-state index contributed by atoms with van der Waals surface area (Å²) in [5.74, 6) is 1.09. The summed E-state index contributed by atoms with van der Waals surface area (Å²) in [4.78, 5) is 1.34.